The number of quaternary nitrogens is 1. The molecule has 1 aromatic carbocycles. The molecule has 0 aromatic heterocycles. The van der Waals surface area contributed by atoms with Crippen LogP contribution in [0.1, 0.15) is 19.8 Å². The van der Waals surface area contributed by atoms with Crippen molar-refractivity contribution in [3.63, 3.8) is 0 Å². The fourth-order valence-electron chi connectivity index (χ4n) is 2.44. The number of likely N-dealkylation sites (tertiary alicyclic amines) is 1. The number of para-hydroxylation sites is 1. The lowest BCUT2D eigenvalue weighted by atomic mass is 9.97. The molecule has 1 aliphatic heterocycles. The van der Waals surface area contributed by atoms with E-state index in [2.05, 4.69) is 14.0 Å². The maximum Gasteiger partial charge on any atom is 0.137 e. The normalized spacial score (nSPS) is 28.9. The molecule has 0 unspecified atom stereocenters. The highest BCUT2D eigenvalue weighted by atomic mass is 16.5. The molecule has 0 aliphatic carbocycles. The smallest absolute Gasteiger partial charge is 0.137 e. The number of benzene rings is 1. The Morgan fingerprint density at radius 2 is 1.82 bits per heavy atom. The van der Waals surface area contributed by atoms with Crippen LogP contribution in [0.3, 0.4) is 0 Å². The lowest BCUT2D eigenvalue weighted by molar-refractivity contribution is -0.915. The third-order valence-corrected chi connectivity index (χ3v) is 3.97. The highest BCUT2D eigenvalue weighted by Gasteiger charge is 2.27. The number of piperidine rings is 1. The van der Waals surface area contributed by atoms with Gasteiger partial charge in [-0.2, -0.15) is 0 Å². The first kappa shape index (κ1) is 12.4. The summed E-state index contributed by atoms with van der Waals surface area (Å²) in [7, 11) is 2.36. The second-order valence-electron chi connectivity index (χ2n) is 5.63. The number of ether oxygens (including phenoxy) is 1. The van der Waals surface area contributed by atoms with E-state index in [1.54, 1.807) is 0 Å². The third-order valence-electron chi connectivity index (χ3n) is 3.97. The minimum absolute atomic E-state index is 0.828. The first-order chi connectivity index (χ1) is 8.18. The predicted molar refractivity (Wildman–Crippen MR) is 71.1 cm³/mol. The van der Waals surface area contributed by atoms with E-state index < -0.39 is 0 Å². The summed E-state index contributed by atoms with van der Waals surface area (Å²) in [6.45, 7) is 6.93. The summed E-state index contributed by atoms with van der Waals surface area (Å²) in [5.74, 6) is 1.90. The minimum atomic E-state index is 0.828. The van der Waals surface area contributed by atoms with Gasteiger partial charge in [-0.15, -0.1) is 0 Å². The fourth-order valence-corrected chi connectivity index (χ4v) is 2.44. The molecular formula is C15H24NO+. The molecule has 0 N–H and O–H groups in total. The van der Waals surface area contributed by atoms with Gasteiger partial charge in [-0.1, -0.05) is 25.1 Å². The van der Waals surface area contributed by atoms with E-state index in [-0.39, 0.29) is 0 Å². The number of likely N-dealkylation sites (N-methyl/N-ethyl adjacent to an activating group) is 1. The van der Waals surface area contributed by atoms with Crippen LogP contribution in [0.4, 0.5) is 0 Å². The van der Waals surface area contributed by atoms with Crippen LogP contribution in [0.2, 0.25) is 0 Å². The van der Waals surface area contributed by atoms with E-state index in [1.165, 1.54) is 30.4 Å². The molecule has 0 radical (unpaired) electrons. The summed E-state index contributed by atoms with van der Waals surface area (Å²) < 4.78 is 6.96. The lowest BCUT2D eigenvalue weighted by Gasteiger charge is -2.39. The number of hydrogen-bond donors (Lipinski definition) is 0. The molecule has 1 saturated heterocycles. The lowest BCUT2D eigenvalue weighted by Crippen LogP contribution is -2.51. The van der Waals surface area contributed by atoms with Gasteiger partial charge in [0.25, 0.3) is 0 Å². The second-order valence-corrected chi connectivity index (χ2v) is 5.63. The first-order valence-electron chi connectivity index (χ1n) is 6.69. The Kier molecular flexibility index (Phi) is 4.06. The van der Waals surface area contributed by atoms with Crippen LogP contribution in [0.5, 0.6) is 5.75 Å². The van der Waals surface area contributed by atoms with Crippen LogP contribution in [0.25, 0.3) is 0 Å². The standard InChI is InChI=1S/C15H24NO/c1-14-8-10-16(2,11-9-14)12-13-17-15-6-4-3-5-7-15/h3-7,14H,8-13H2,1-2H3/q+1/t14-,16-. The van der Waals surface area contributed by atoms with Crippen LogP contribution in [0.15, 0.2) is 30.3 Å². The molecule has 1 aromatic rings. The molecule has 2 heteroatoms. The second kappa shape index (κ2) is 5.54. The number of nitrogens with zero attached hydrogens (tertiary/aromatic N) is 1. The van der Waals surface area contributed by atoms with Crippen molar-refractivity contribution in [1.82, 2.24) is 0 Å². The summed E-state index contributed by atoms with van der Waals surface area (Å²) in [4.78, 5) is 0. The van der Waals surface area contributed by atoms with Crippen molar-refractivity contribution in [3.05, 3.63) is 30.3 Å². The van der Waals surface area contributed by atoms with Gasteiger partial charge in [0, 0.05) is 0 Å². The van der Waals surface area contributed by atoms with Gasteiger partial charge in [-0.3, -0.25) is 0 Å². The van der Waals surface area contributed by atoms with Crippen molar-refractivity contribution in [3.8, 4) is 5.75 Å². The largest absolute Gasteiger partial charge is 0.488 e. The molecule has 94 valence electrons. The highest BCUT2D eigenvalue weighted by molar-refractivity contribution is 5.20. The predicted octanol–water partition coefficient (Wildman–Crippen LogP) is 2.94. The van der Waals surface area contributed by atoms with Crippen LogP contribution in [-0.4, -0.2) is 37.8 Å². The maximum atomic E-state index is 5.79. The number of hydrogen-bond acceptors (Lipinski definition) is 1. The van der Waals surface area contributed by atoms with Crippen LogP contribution in [-0.2, 0) is 0 Å². The van der Waals surface area contributed by atoms with Gasteiger partial charge in [-0.05, 0) is 30.9 Å². The molecule has 2 rings (SSSR count). The van der Waals surface area contributed by atoms with E-state index in [0.29, 0.717) is 0 Å². The van der Waals surface area contributed by atoms with Gasteiger partial charge in [-0.25, -0.2) is 0 Å². The minimum Gasteiger partial charge on any atom is -0.488 e. The Hall–Kier alpha value is -1.02. The Bertz CT molecular complexity index is 328. The van der Waals surface area contributed by atoms with Crippen molar-refractivity contribution < 1.29 is 9.22 Å². The summed E-state index contributed by atoms with van der Waals surface area (Å²) in [6, 6.07) is 10.1. The maximum absolute atomic E-state index is 5.79. The zero-order chi connectivity index (χ0) is 12.1. The number of rotatable bonds is 4. The molecule has 1 fully saturated rings. The van der Waals surface area contributed by atoms with E-state index in [9.17, 15) is 0 Å². The van der Waals surface area contributed by atoms with Crippen LogP contribution in [0, 0.1) is 5.92 Å². The van der Waals surface area contributed by atoms with Crippen molar-refractivity contribution >= 4 is 0 Å². The average Bonchev–Trinajstić information content (AvgIpc) is 2.35. The van der Waals surface area contributed by atoms with E-state index >= 15 is 0 Å². The zero-order valence-electron chi connectivity index (χ0n) is 11.1. The first-order valence-corrected chi connectivity index (χ1v) is 6.69. The molecule has 1 aliphatic rings. The summed E-state index contributed by atoms with van der Waals surface area (Å²) >= 11 is 0. The Morgan fingerprint density at radius 1 is 1.18 bits per heavy atom. The topological polar surface area (TPSA) is 9.23 Å². The van der Waals surface area contributed by atoms with Gasteiger partial charge in [0.1, 0.15) is 18.9 Å². The molecule has 0 spiro atoms. The van der Waals surface area contributed by atoms with E-state index in [1.807, 2.05) is 30.3 Å². The van der Waals surface area contributed by atoms with Gasteiger partial charge < -0.3 is 9.22 Å². The molecule has 1 heterocycles. The van der Waals surface area contributed by atoms with Crippen molar-refractivity contribution in [2.75, 3.05) is 33.3 Å². The molecule has 17 heavy (non-hydrogen) atoms. The van der Waals surface area contributed by atoms with Crippen molar-refractivity contribution in [2.24, 2.45) is 5.92 Å². The summed E-state index contributed by atoms with van der Waals surface area (Å²) in [5, 5.41) is 0. The Labute approximate surface area is 105 Å². The molecule has 0 bridgehead atoms. The third kappa shape index (κ3) is 3.74. The summed E-state index contributed by atoms with van der Waals surface area (Å²) in [5.41, 5.74) is 0. The SMILES string of the molecule is C[C@H]1CC[N@+](C)(CCOc2ccccc2)CC1. The van der Waals surface area contributed by atoms with E-state index in [0.717, 1.165) is 24.8 Å². The molecular weight excluding hydrogens is 210 g/mol. The Balaban J connectivity index is 1.75. The molecule has 0 atom stereocenters. The van der Waals surface area contributed by atoms with Crippen molar-refractivity contribution in [2.45, 2.75) is 19.8 Å². The summed E-state index contributed by atoms with van der Waals surface area (Å²) in [6.07, 6.45) is 2.73. The zero-order valence-corrected chi connectivity index (χ0v) is 11.1. The van der Waals surface area contributed by atoms with Gasteiger partial charge >= 0.3 is 0 Å². The van der Waals surface area contributed by atoms with Crippen LogP contribution < -0.4 is 4.74 Å². The molecule has 0 amide bonds. The van der Waals surface area contributed by atoms with Gasteiger partial charge in [0.15, 0.2) is 0 Å². The quantitative estimate of drug-likeness (QED) is 0.728. The Morgan fingerprint density at radius 3 is 2.47 bits per heavy atom. The van der Waals surface area contributed by atoms with Gasteiger partial charge in [0.05, 0.1) is 20.1 Å². The highest BCUT2D eigenvalue weighted by Crippen LogP contribution is 2.21. The molecule has 0 saturated carbocycles. The van der Waals surface area contributed by atoms with Gasteiger partial charge in [0.2, 0.25) is 0 Å². The van der Waals surface area contributed by atoms with Crippen molar-refractivity contribution in [1.29, 1.82) is 0 Å². The fraction of sp³-hybridized carbons (Fsp3) is 0.600. The van der Waals surface area contributed by atoms with Crippen LogP contribution >= 0.6 is 0 Å². The molecule has 2 nitrogen and oxygen atoms in total. The van der Waals surface area contributed by atoms with E-state index in [4.69, 9.17) is 4.74 Å². The average molecular weight is 234 g/mol. The monoisotopic (exact) mass is 234 g/mol.